The summed E-state index contributed by atoms with van der Waals surface area (Å²) in [6.45, 7) is 1.02. The molecule has 0 radical (unpaired) electrons. The van der Waals surface area contributed by atoms with Crippen molar-refractivity contribution >= 4 is 27.8 Å². The number of nitrogens with one attached hydrogen (secondary N) is 1. The minimum absolute atomic E-state index is 0.0234. The van der Waals surface area contributed by atoms with Gasteiger partial charge in [0.05, 0.1) is 6.61 Å². The Labute approximate surface area is 132 Å². The Morgan fingerprint density at radius 1 is 1.10 bits per heavy atom. The van der Waals surface area contributed by atoms with Crippen molar-refractivity contribution in [1.29, 1.82) is 0 Å². The summed E-state index contributed by atoms with van der Waals surface area (Å²) in [5.74, 6) is -0.0385. The van der Waals surface area contributed by atoms with E-state index in [1.165, 1.54) is 0 Å². The van der Waals surface area contributed by atoms with E-state index in [1.807, 2.05) is 24.3 Å². The maximum Gasteiger partial charge on any atom is 0.303 e. The van der Waals surface area contributed by atoms with Crippen molar-refractivity contribution in [3.63, 3.8) is 0 Å². The third kappa shape index (κ3) is 9.07. The smallest absolute Gasteiger partial charge is 0.303 e. The standard InChI is InChI=1S/C15H20BrNO4/c16-12-6-8-13(9-7-12)21-11-3-4-14(18)17-10-2-1-5-15(19)20/h6-9H,1-5,10-11H2,(H,17,18)(H,19,20). The predicted octanol–water partition coefficient (Wildman–Crippen LogP) is 2.98. The molecule has 0 unspecified atom stereocenters. The Balaban J connectivity index is 2.00. The Morgan fingerprint density at radius 3 is 2.48 bits per heavy atom. The van der Waals surface area contributed by atoms with Crippen LogP contribution in [0, 0.1) is 0 Å². The number of hydrogen-bond acceptors (Lipinski definition) is 3. The molecule has 0 heterocycles. The van der Waals surface area contributed by atoms with E-state index in [9.17, 15) is 9.59 Å². The second-order valence-electron chi connectivity index (χ2n) is 4.61. The van der Waals surface area contributed by atoms with Crippen LogP contribution in [0.3, 0.4) is 0 Å². The fraction of sp³-hybridized carbons (Fsp3) is 0.467. The zero-order valence-corrected chi connectivity index (χ0v) is 13.4. The van der Waals surface area contributed by atoms with Crippen LogP contribution in [0.25, 0.3) is 0 Å². The molecule has 1 aromatic carbocycles. The van der Waals surface area contributed by atoms with Gasteiger partial charge in [-0.05, 0) is 43.5 Å². The number of ether oxygens (including phenoxy) is 1. The summed E-state index contributed by atoms with van der Waals surface area (Å²) in [6.07, 6.45) is 2.49. The van der Waals surface area contributed by atoms with E-state index in [0.29, 0.717) is 38.8 Å². The van der Waals surface area contributed by atoms with E-state index in [4.69, 9.17) is 9.84 Å². The van der Waals surface area contributed by atoms with Gasteiger partial charge in [0.15, 0.2) is 0 Å². The maximum atomic E-state index is 11.5. The van der Waals surface area contributed by atoms with Crippen molar-refractivity contribution in [3.8, 4) is 5.75 Å². The highest BCUT2D eigenvalue weighted by Gasteiger charge is 2.02. The monoisotopic (exact) mass is 357 g/mol. The third-order valence-electron chi connectivity index (χ3n) is 2.77. The first-order valence-electron chi connectivity index (χ1n) is 6.95. The fourth-order valence-corrected chi connectivity index (χ4v) is 1.94. The lowest BCUT2D eigenvalue weighted by molar-refractivity contribution is -0.137. The number of amides is 1. The van der Waals surface area contributed by atoms with Gasteiger partial charge >= 0.3 is 5.97 Å². The summed E-state index contributed by atoms with van der Waals surface area (Å²) < 4.78 is 6.51. The lowest BCUT2D eigenvalue weighted by Gasteiger charge is -2.07. The van der Waals surface area contributed by atoms with Crippen molar-refractivity contribution in [2.75, 3.05) is 13.2 Å². The van der Waals surface area contributed by atoms with Gasteiger partial charge in [-0.15, -0.1) is 0 Å². The Kier molecular flexibility index (Phi) is 8.50. The van der Waals surface area contributed by atoms with E-state index in [2.05, 4.69) is 21.2 Å². The first kappa shape index (κ1) is 17.5. The first-order valence-corrected chi connectivity index (χ1v) is 7.74. The van der Waals surface area contributed by atoms with E-state index in [-0.39, 0.29) is 12.3 Å². The molecule has 0 aliphatic rings. The van der Waals surface area contributed by atoms with Crippen LogP contribution in [-0.2, 0) is 9.59 Å². The molecule has 0 aliphatic carbocycles. The maximum absolute atomic E-state index is 11.5. The van der Waals surface area contributed by atoms with E-state index >= 15 is 0 Å². The van der Waals surface area contributed by atoms with Crippen LogP contribution < -0.4 is 10.1 Å². The lowest BCUT2D eigenvalue weighted by atomic mass is 10.2. The van der Waals surface area contributed by atoms with Crippen LogP contribution >= 0.6 is 15.9 Å². The molecule has 116 valence electrons. The van der Waals surface area contributed by atoms with Crippen molar-refractivity contribution in [2.45, 2.75) is 32.1 Å². The summed E-state index contributed by atoms with van der Waals surface area (Å²) in [5.41, 5.74) is 0. The molecule has 0 aliphatic heterocycles. The number of carboxylic acid groups (broad SMARTS) is 1. The average molecular weight is 358 g/mol. The first-order chi connectivity index (χ1) is 10.1. The Morgan fingerprint density at radius 2 is 1.81 bits per heavy atom. The molecule has 5 nitrogen and oxygen atoms in total. The highest BCUT2D eigenvalue weighted by Crippen LogP contribution is 2.16. The third-order valence-corrected chi connectivity index (χ3v) is 3.30. The Hall–Kier alpha value is -1.56. The van der Waals surface area contributed by atoms with Gasteiger partial charge in [-0.3, -0.25) is 9.59 Å². The number of carboxylic acids is 1. The van der Waals surface area contributed by atoms with Gasteiger partial charge in [0.2, 0.25) is 5.91 Å². The van der Waals surface area contributed by atoms with Crippen molar-refractivity contribution < 1.29 is 19.4 Å². The predicted molar refractivity (Wildman–Crippen MR) is 83.4 cm³/mol. The van der Waals surface area contributed by atoms with Crippen LogP contribution in [0.2, 0.25) is 0 Å². The molecule has 0 spiro atoms. The van der Waals surface area contributed by atoms with Gasteiger partial charge in [0.25, 0.3) is 0 Å². The normalized spacial score (nSPS) is 10.1. The number of hydrogen-bond donors (Lipinski definition) is 2. The minimum atomic E-state index is -0.800. The van der Waals surface area contributed by atoms with Gasteiger partial charge in [0, 0.05) is 23.9 Å². The minimum Gasteiger partial charge on any atom is -0.494 e. The molecule has 21 heavy (non-hydrogen) atoms. The zero-order chi connectivity index (χ0) is 15.5. The van der Waals surface area contributed by atoms with Gasteiger partial charge in [-0.2, -0.15) is 0 Å². The largest absolute Gasteiger partial charge is 0.494 e. The van der Waals surface area contributed by atoms with E-state index < -0.39 is 5.97 Å². The highest BCUT2D eigenvalue weighted by atomic mass is 79.9. The quantitative estimate of drug-likeness (QED) is 0.631. The molecule has 0 aromatic heterocycles. The lowest BCUT2D eigenvalue weighted by Crippen LogP contribution is -2.24. The zero-order valence-electron chi connectivity index (χ0n) is 11.8. The number of carbonyl (C=O) groups is 2. The summed E-state index contributed by atoms with van der Waals surface area (Å²) in [4.78, 5) is 21.8. The molecule has 2 N–H and O–H groups in total. The molecule has 0 saturated carbocycles. The Bertz CT molecular complexity index is 447. The molecule has 0 bridgehead atoms. The van der Waals surface area contributed by atoms with Crippen LogP contribution in [0.4, 0.5) is 0 Å². The number of aliphatic carboxylic acids is 1. The van der Waals surface area contributed by atoms with Crippen LogP contribution in [0.5, 0.6) is 5.75 Å². The average Bonchev–Trinajstić information content (AvgIpc) is 2.45. The number of benzene rings is 1. The molecule has 0 atom stereocenters. The second kappa shape index (κ2) is 10.2. The number of rotatable bonds is 10. The topological polar surface area (TPSA) is 75.6 Å². The van der Waals surface area contributed by atoms with Crippen LogP contribution in [0.1, 0.15) is 32.1 Å². The van der Waals surface area contributed by atoms with E-state index in [1.54, 1.807) is 0 Å². The van der Waals surface area contributed by atoms with Crippen molar-refractivity contribution in [1.82, 2.24) is 5.32 Å². The number of halogens is 1. The van der Waals surface area contributed by atoms with Gasteiger partial charge in [0.1, 0.15) is 5.75 Å². The molecule has 1 aromatic rings. The molecule has 0 saturated heterocycles. The summed E-state index contributed by atoms with van der Waals surface area (Å²) in [6, 6.07) is 7.54. The molecule has 1 amide bonds. The summed E-state index contributed by atoms with van der Waals surface area (Å²) in [5, 5.41) is 11.2. The van der Waals surface area contributed by atoms with Gasteiger partial charge in [-0.25, -0.2) is 0 Å². The fourth-order valence-electron chi connectivity index (χ4n) is 1.67. The van der Waals surface area contributed by atoms with Crippen molar-refractivity contribution in [3.05, 3.63) is 28.7 Å². The van der Waals surface area contributed by atoms with Gasteiger partial charge < -0.3 is 15.2 Å². The summed E-state index contributed by atoms with van der Waals surface area (Å²) >= 11 is 3.35. The van der Waals surface area contributed by atoms with Crippen LogP contribution in [0.15, 0.2) is 28.7 Å². The number of carbonyl (C=O) groups excluding carboxylic acids is 1. The molecular weight excluding hydrogens is 338 g/mol. The molecule has 0 fully saturated rings. The summed E-state index contributed by atoms with van der Waals surface area (Å²) in [7, 11) is 0. The van der Waals surface area contributed by atoms with Crippen molar-refractivity contribution in [2.24, 2.45) is 0 Å². The highest BCUT2D eigenvalue weighted by molar-refractivity contribution is 9.10. The van der Waals surface area contributed by atoms with Crippen LogP contribution in [-0.4, -0.2) is 30.1 Å². The molecular formula is C15H20BrNO4. The van der Waals surface area contributed by atoms with Gasteiger partial charge in [-0.1, -0.05) is 15.9 Å². The molecule has 6 heteroatoms. The SMILES string of the molecule is O=C(O)CCCCNC(=O)CCCOc1ccc(Br)cc1. The second-order valence-corrected chi connectivity index (χ2v) is 5.52. The number of unbranched alkanes of at least 4 members (excludes halogenated alkanes) is 1. The van der Waals surface area contributed by atoms with E-state index in [0.717, 1.165) is 10.2 Å². The molecule has 1 rings (SSSR count).